The fourth-order valence-electron chi connectivity index (χ4n) is 3.09. The average molecular weight is 431 g/mol. The van der Waals surface area contributed by atoms with Crippen molar-refractivity contribution in [2.75, 3.05) is 30.5 Å². The molecule has 2 amide bonds. The number of hydrogen-bond acceptors (Lipinski definition) is 7. The highest BCUT2D eigenvalue weighted by Crippen LogP contribution is 2.35. The predicted octanol–water partition coefficient (Wildman–Crippen LogP) is 2.28. The van der Waals surface area contributed by atoms with Crippen molar-refractivity contribution in [2.24, 2.45) is 5.92 Å². The average Bonchev–Trinajstić information content (AvgIpc) is 3.14. The van der Waals surface area contributed by atoms with E-state index in [0.717, 1.165) is 0 Å². The van der Waals surface area contributed by atoms with Gasteiger partial charge < -0.3 is 19.7 Å². The Morgan fingerprint density at radius 3 is 2.61 bits per heavy atom. The Hall–Kier alpha value is -4.02. The van der Waals surface area contributed by atoms with Gasteiger partial charge >= 0.3 is 5.97 Å². The fraction of sp³-hybridized carbons (Fsp3) is 0.250. The van der Waals surface area contributed by atoms with Crippen LogP contribution in [0, 0.1) is 21.8 Å². The number of esters is 1. The molecule has 3 rings (SSSR count). The quantitative estimate of drug-likeness (QED) is 0.405. The van der Waals surface area contributed by atoms with E-state index in [1.807, 2.05) is 0 Å². The second-order valence-electron chi connectivity index (χ2n) is 6.68. The molecule has 0 aromatic heterocycles. The summed E-state index contributed by atoms with van der Waals surface area (Å²) in [5.74, 6) is -2.88. The molecular weight excluding hydrogens is 413 g/mol. The number of methoxy groups -OCH3 is 1. The molecule has 10 nitrogen and oxygen atoms in total. The third kappa shape index (κ3) is 5.13. The molecule has 11 heteroatoms. The van der Waals surface area contributed by atoms with Crippen molar-refractivity contribution < 1.29 is 33.2 Å². The van der Waals surface area contributed by atoms with Crippen LogP contribution in [-0.2, 0) is 19.1 Å². The summed E-state index contributed by atoms with van der Waals surface area (Å²) >= 11 is 0. The van der Waals surface area contributed by atoms with Crippen LogP contribution in [-0.4, -0.2) is 43.0 Å². The van der Waals surface area contributed by atoms with Crippen LogP contribution in [0.15, 0.2) is 42.5 Å². The van der Waals surface area contributed by atoms with Crippen molar-refractivity contribution in [1.29, 1.82) is 0 Å². The van der Waals surface area contributed by atoms with Crippen molar-refractivity contribution >= 4 is 34.8 Å². The summed E-state index contributed by atoms with van der Waals surface area (Å²) in [4.78, 5) is 48.2. The number of carbonyl (C=O) groups is 3. The Morgan fingerprint density at radius 2 is 1.97 bits per heavy atom. The van der Waals surface area contributed by atoms with Crippen molar-refractivity contribution in [3.8, 4) is 5.75 Å². The van der Waals surface area contributed by atoms with Gasteiger partial charge in [-0.25, -0.2) is 4.39 Å². The minimum absolute atomic E-state index is 0.0224. The summed E-state index contributed by atoms with van der Waals surface area (Å²) in [5.41, 5.74) is 0.438. The Kier molecular flexibility index (Phi) is 6.43. The SMILES string of the molecule is COc1cc([N+](=O)[O-])ccc1N1C[C@@H](C(=O)OCC(=O)Nc2ccc(F)cc2)CC1=O. The van der Waals surface area contributed by atoms with E-state index < -0.39 is 35.1 Å². The highest BCUT2D eigenvalue weighted by molar-refractivity contribution is 6.01. The number of nitrogens with zero attached hydrogens (tertiary/aromatic N) is 2. The number of nitrogens with one attached hydrogen (secondary N) is 1. The summed E-state index contributed by atoms with van der Waals surface area (Å²) in [6.07, 6.45) is -0.140. The Balaban J connectivity index is 1.59. The first-order chi connectivity index (χ1) is 14.8. The second-order valence-corrected chi connectivity index (χ2v) is 6.68. The number of carbonyl (C=O) groups excluding carboxylic acids is 3. The van der Waals surface area contributed by atoms with Gasteiger partial charge in [-0.3, -0.25) is 24.5 Å². The van der Waals surface area contributed by atoms with Crippen molar-refractivity contribution in [3.63, 3.8) is 0 Å². The van der Waals surface area contributed by atoms with Crippen LogP contribution in [0.3, 0.4) is 0 Å². The maximum atomic E-state index is 12.9. The molecule has 0 bridgehead atoms. The number of nitro groups is 1. The van der Waals surface area contributed by atoms with Crippen LogP contribution in [0.2, 0.25) is 0 Å². The second kappa shape index (κ2) is 9.20. The minimum Gasteiger partial charge on any atom is -0.494 e. The van der Waals surface area contributed by atoms with Gasteiger partial charge in [0, 0.05) is 24.7 Å². The Labute approximate surface area is 175 Å². The van der Waals surface area contributed by atoms with Gasteiger partial charge in [0.25, 0.3) is 11.6 Å². The van der Waals surface area contributed by atoms with E-state index in [-0.39, 0.29) is 30.3 Å². The summed E-state index contributed by atoms with van der Waals surface area (Å²) in [7, 11) is 1.31. The predicted molar refractivity (Wildman–Crippen MR) is 106 cm³/mol. The summed E-state index contributed by atoms with van der Waals surface area (Å²) in [6, 6.07) is 8.86. The first-order valence-electron chi connectivity index (χ1n) is 9.13. The summed E-state index contributed by atoms with van der Waals surface area (Å²) < 4.78 is 23.0. The van der Waals surface area contributed by atoms with E-state index in [0.29, 0.717) is 11.4 Å². The molecule has 162 valence electrons. The van der Waals surface area contributed by atoms with E-state index in [4.69, 9.17) is 9.47 Å². The molecule has 1 aliphatic rings. The van der Waals surface area contributed by atoms with Gasteiger partial charge in [-0.2, -0.15) is 0 Å². The zero-order chi connectivity index (χ0) is 22.5. The standard InChI is InChI=1S/C20H18FN3O7/c1-30-17-9-15(24(28)29)6-7-16(17)23-10-12(8-19(23)26)20(27)31-11-18(25)22-14-4-2-13(21)3-5-14/h2-7,9,12H,8,10-11H2,1H3,(H,22,25)/t12-/m0/s1. The van der Waals surface area contributed by atoms with Crippen LogP contribution in [0.4, 0.5) is 21.5 Å². The monoisotopic (exact) mass is 431 g/mol. The lowest BCUT2D eigenvalue weighted by atomic mass is 10.1. The minimum atomic E-state index is -0.814. The van der Waals surface area contributed by atoms with E-state index in [9.17, 15) is 28.9 Å². The van der Waals surface area contributed by atoms with Crippen LogP contribution in [0.1, 0.15) is 6.42 Å². The molecule has 1 N–H and O–H groups in total. The molecule has 0 radical (unpaired) electrons. The van der Waals surface area contributed by atoms with Gasteiger partial charge in [-0.05, 0) is 30.3 Å². The van der Waals surface area contributed by atoms with Crippen LogP contribution in [0.25, 0.3) is 0 Å². The lowest BCUT2D eigenvalue weighted by Gasteiger charge is -2.19. The third-order valence-corrected chi connectivity index (χ3v) is 4.60. The molecule has 0 aliphatic carbocycles. The van der Waals surface area contributed by atoms with E-state index in [2.05, 4.69) is 5.32 Å². The van der Waals surface area contributed by atoms with Gasteiger partial charge in [0.15, 0.2) is 6.61 Å². The van der Waals surface area contributed by atoms with Gasteiger partial charge in [-0.15, -0.1) is 0 Å². The molecule has 2 aromatic carbocycles. The number of non-ortho nitro benzene ring substituents is 1. The fourth-order valence-corrected chi connectivity index (χ4v) is 3.09. The van der Waals surface area contributed by atoms with E-state index in [1.54, 1.807) is 0 Å². The van der Waals surface area contributed by atoms with Gasteiger partial charge in [0.2, 0.25) is 5.91 Å². The number of anilines is 2. The van der Waals surface area contributed by atoms with Crippen molar-refractivity contribution in [3.05, 3.63) is 58.4 Å². The van der Waals surface area contributed by atoms with Crippen LogP contribution < -0.4 is 15.0 Å². The first-order valence-corrected chi connectivity index (χ1v) is 9.13. The maximum absolute atomic E-state index is 12.9. The zero-order valence-electron chi connectivity index (χ0n) is 16.4. The van der Waals surface area contributed by atoms with Crippen molar-refractivity contribution in [1.82, 2.24) is 0 Å². The Bertz CT molecular complexity index is 1030. The lowest BCUT2D eigenvalue weighted by Crippen LogP contribution is -2.28. The molecule has 31 heavy (non-hydrogen) atoms. The highest BCUT2D eigenvalue weighted by atomic mass is 19.1. The smallest absolute Gasteiger partial charge is 0.311 e. The number of nitro benzene ring substituents is 1. The third-order valence-electron chi connectivity index (χ3n) is 4.60. The number of amides is 2. The number of rotatable bonds is 7. The normalized spacial score (nSPS) is 15.5. The molecule has 1 fully saturated rings. The molecule has 0 unspecified atom stereocenters. The molecule has 0 spiro atoms. The molecule has 1 heterocycles. The molecular formula is C20H18FN3O7. The van der Waals surface area contributed by atoms with Gasteiger partial charge in [-0.1, -0.05) is 0 Å². The van der Waals surface area contributed by atoms with E-state index in [1.165, 1.54) is 54.5 Å². The first kappa shape index (κ1) is 21.7. The van der Waals surface area contributed by atoms with Gasteiger partial charge in [0.1, 0.15) is 11.6 Å². The lowest BCUT2D eigenvalue weighted by molar-refractivity contribution is -0.384. The molecule has 0 saturated carbocycles. The topological polar surface area (TPSA) is 128 Å². The van der Waals surface area contributed by atoms with Crippen molar-refractivity contribution in [2.45, 2.75) is 6.42 Å². The zero-order valence-corrected chi connectivity index (χ0v) is 16.4. The molecule has 2 aromatic rings. The maximum Gasteiger partial charge on any atom is 0.311 e. The number of benzene rings is 2. The van der Waals surface area contributed by atoms with E-state index >= 15 is 0 Å². The van der Waals surface area contributed by atoms with Gasteiger partial charge in [0.05, 0.1) is 29.7 Å². The molecule has 1 aliphatic heterocycles. The number of ether oxygens (including phenoxy) is 2. The number of hydrogen-bond donors (Lipinski definition) is 1. The summed E-state index contributed by atoms with van der Waals surface area (Å²) in [5, 5.41) is 13.4. The molecule has 1 atom stereocenters. The Morgan fingerprint density at radius 1 is 1.26 bits per heavy atom. The molecule has 1 saturated heterocycles. The highest BCUT2D eigenvalue weighted by Gasteiger charge is 2.37. The van der Waals surface area contributed by atoms with Crippen LogP contribution in [0.5, 0.6) is 5.75 Å². The number of halogens is 1. The summed E-state index contributed by atoms with van der Waals surface area (Å²) in [6.45, 7) is -0.590. The van der Waals surface area contributed by atoms with Crippen LogP contribution >= 0.6 is 0 Å². The largest absolute Gasteiger partial charge is 0.494 e.